The highest BCUT2D eigenvalue weighted by Gasteiger charge is 2.24. The average molecular weight is 235 g/mol. The fourth-order valence-corrected chi connectivity index (χ4v) is 1.97. The van der Waals surface area contributed by atoms with Crippen LogP contribution in [-0.2, 0) is 4.74 Å². The van der Waals surface area contributed by atoms with E-state index in [-0.39, 0.29) is 12.1 Å². The third-order valence-corrected chi connectivity index (χ3v) is 3.20. The third kappa shape index (κ3) is 3.20. The zero-order chi connectivity index (χ0) is 12.3. The first-order valence-corrected chi connectivity index (χ1v) is 6.21. The molecule has 94 valence electrons. The first-order valence-electron chi connectivity index (χ1n) is 6.21. The summed E-state index contributed by atoms with van der Waals surface area (Å²) in [7, 11) is 3.69. The standard InChI is InChI=1S/C14H21NO2/c1-10(16-3)14(15-2)11-5-4-6-13(9-11)17-12-7-8-12/h4-6,9-10,12,14-15H,7-8H2,1-3H3. The molecule has 0 saturated heterocycles. The minimum Gasteiger partial charge on any atom is -0.490 e. The summed E-state index contributed by atoms with van der Waals surface area (Å²) in [6.45, 7) is 2.07. The van der Waals surface area contributed by atoms with Gasteiger partial charge in [0.15, 0.2) is 0 Å². The number of methoxy groups -OCH3 is 1. The molecule has 0 spiro atoms. The molecule has 0 radical (unpaired) electrons. The van der Waals surface area contributed by atoms with Crippen LogP contribution in [0.1, 0.15) is 31.4 Å². The monoisotopic (exact) mass is 235 g/mol. The third-order valence-electron chi connectivity index (χ3n) is 3.20. The molecule has 0 aliphatic heterocycles. The smallest absolute Gasteiger partial charge is 0.120 e. The summed E-state index contributed by atoms with van der Waals surface area (Å²) in [6, 6.07) is 8.47. The van der Waals surface area contributed by atoms with Crippen LogP contribution in [0.3, 0.4) is 0 Å². The van der Waals surface area contributed by atoms with Crippen LogP contribution in [0, 0.1) is 0 Å². The maximum absolute atomic E-state index is 5.81. The summed E-state index contributed by atoms with van der Waals surface area (Å²) >= 11 is 0. The Morgan fingerprint density at radius 2 is 2.12 bits per heavy atom. The number of likely N-dealkylation sites (N-methyl/N-ethyl adjacent to an activating group) is 1. The highest BCUT2D eigenvalue weighted by Crippen LogP contribution is 2.29. The minimum absolute atomic E-state index is 0.135. The Balaban J connectivity index is 2.11. The van der Waals surface area contributed by atoms with Gasteiger partial charge in [0.2, 0.25) is 0 Å². The Bertz CT molecular complexity index is 363. The van der Waals surface area contributed by atoms with Gasteiger partial charge < -0.3 is 14.8 Å². The Labute approximate surface area is 103 Å². The van der Waals surface area contributed by atoms with Gasteiger partial charge in [0.25, 0.3) is 0 Å². The zero-order valence-electron chi connectivity index (χ0n) is 10.8. The van der Waals surface area contributed by atoms with Gasteiger partial charge in [-0.3, -0.25) is 0 Å². The number of nitrogens with one attached hydrogen (secondary N) is 1. The predicted molar refractivity (Wildman–Crippen MR) is 68.4 cm³/mol. The summed E-state index contributed by atoms with van der Waals surface area (Å²) in [5, 5.41) is 3.28. The molecular weight excluding hydrogens is 214 g/mol. The van der Waals surface area contributed by atoms with Gasteiger partial charge in [-0.05, 0) is 44.5 Å². The summed E-state index contributed by atoms with van der Waals surface area (Å²) < 4.78 is 11.2. The van der Waals surface area contributed by atoms with Crippen molar-refractivity contribution in [2.45, 2.75) is 38.0 Å². The fraction of sp³-hybridized carbons (Fsp3) is 0.571. The normalized spacial score (nSPS) is 18.8. The van der Waals surface area contributed by atoms with E-state index in [4.69, 9.17) is 9.47 Å². The SMILES string of the molecule is CNC(c1cccc(OC2CC2)c1)C(C)OC. The van der Waals surface area contributed by atoms with Gasteiger partial charge in [0.1, 0.15) is 5.75 Å². The van der Waals surface area contributed by atoms with Gasteiger partial charge in [-0.2, -0.15) is 0 Å². The molecule has 1 aliphatic rings. The van der Waals surface area contributed by atoms with Crippen molar-refractivity contribution in [2.24, 2.45) is 0 Å². The molecule has 3 heteroatoms. The van der Waals surface area contributed by atoms with Crippen LogP contribution >= 0.6 is 0 Å². The quantitative estimate of drug-likeness (QED) is 0.822. The van der Waals surface area contributed by atoms with E-state index in [1.54, 1.807) is 7.11 Å². The molecule has 0 amide bonds. The first-order chi connectivity index (χ1) is 8.24. The molecule has 1 aliphatic carbocycles. The first kappa shape index (κ1) is 12.4. The van der Waals surface area contributed by atoms with Crippen molar-refractivity contribution in [3.8, 4) is 5.75 Å². The van der Waals surface area contributed by atoms with E-state index < -0.39 is 0 Å². The van der Waals surface area contributed by atoms with Crippen LogP contribution < -0.4 is 10.1 Å². The van der Waals surface area contributed by atoms with E-state index in [0.717, 1.165) is 5.75 Å². The fourth-order valence-electron chi connectivity index (χ4n) is 1.97. The van der Waals surface area contributed by atoms with Gasteiger partial charge in [-0.25, -0.2) is 0 Å². The Kier molecular flexibility index (Phi) is 4.02. The van der Waals surface area contributed by atoms with Crippen molar-refractivity contribution >= 4 is 0 Å². The lowest BCUT2D eigenvalue weighted by Crippen LogP contribution is -2.28. The second-order valence-electron chi connectivity index (χ2n) is 4.60. The molecule has 1 aromatic carbocycles. The average Bonchev–Trinajstić information content (AvgIpc) is 3.14. The molecule has 17 heavy (non-hydrogen) atoms. The Morgan fingerprint density at radius 1 is 1.35 bits per heavy atom. The lowest BCUT2D eigenvalue weighted by Gasteiger charge is -2.23. The largest absolute Gasteiger partial charge is 0.490 e. The molecular formula is C14H21NO2. The highest BCUT2D eigenvalue weighted by atomic mass is 16.5. The molecule has 0 aromatic heterocycles. The Morgan fingerprint density at radius 3 is 2.71 bits per heavy atom. The summed E-state index contributed by atoms with van der Waals surface area (Å²) in [5.41, 5.74) is 1.21. The predicted octanol–water partition coefficient (Wildman–Crippen LogP) is 2.52. The molecule has 2 rings (SSSR count). The summed E-state index contributed by atoms with van der Waals surface area (Å²) in [5.74, 6) is 0.966. The molecule has 1 aromatic rings. The maximum Gasteiger partial charge on any atom is 0.120 e. The van der Waals surface area contributed by atoms with Crippen molar-refractivity contribution in [3.63, 3.8) is 0 Å². The van der Waals surface area contributed by atoms with E-state index in [0.29, 0.717) is 6.10 Å². The van der Waals surface area contributed by atoms with E-state index in [9.17, 15) is 0 Å². The van der Waals surface area contributed by atoms with E-state index in [1.165, 1.54) is 18.4 Å². The molecule has 2 atom stereocenters. The van der Waals surface area contributed by atoms with Gasteiger partial charge in [-0.1, -0.05) is 12.1 Å². The van der Waals surface area contributed by atoms with E-state index >= 15 is 0 Å². The lowest BCUT2D eigenvalue weighted by molar-refractivity contribution is 0.0856. The van der Waals surface area contributed by atoms with Crippen molar-refractivity contribution in [2.75, 3.05) is 14.2 Å². The van der Waals surface area contributed by atoms with Gasteiger partial charge in [0.05, 0.1) is 18.2 Å². The molecule has 1 fully saturated rings. The van der Waals surface area contributed by atoms with Crippen molar-refractivity contribution in [1.82, 2.24) is 5.32 Å². The minimum atomic E-state index is 0.135. The molecule has 2 unspecified atom stereocenters. The second-order valence-corrected chi connectivity index (χ2v) is 4.60. The number of hydrogen-bond acceptors (Lipinski definition) is 3. The van der Waals surface area contributed by atoms with Gasteiger partial charge in [0, 0.05) is 7.11 Å². The van der Waals surface area contributed by atoms with Crippen molar-refractivity contribution in [1.29, 1.82) is 0 Å². The molecule has 1 N–H and O–H groups in total. The van der Waals surface area contributed by atoms with Crippen LogP contribution in [0.25, 0.3) is 0 Å². The molecule has 1 saturated carbocycles. The second kappa shape index (κ2) is 5.52. The van der Waals surface area contributed by atoms with Crippen molar-refractivity contribution in [3.05, 3.63) is 29.8 Å². The van der Waals surface area contributed by atoms with Crippen molar-refractivity contribution < 1.29 is 9.47 Å². The molecule has 0 heterocycles. The zero-order valence-corrected chi connectivity index (χ0v) is 10.8. The number of rotatable bonds is 6. The molecule has 3 nitrogen and oxygen atoms in total. The van der Waals surface area contributed by atoms with Gasteiger partial charge in [-0.15, -0.1) is 0 Å². The summed E-state index contributed by atoms with van der Waals surface area (Å²) in [4.78, 5) is 0. The van der Waals surface area contributed by atoms with Crippen LogP contribution in [0.4, 0.5) is 0 Å². The van der Waals surface area contributed by atoms with Crippen LogP contribution in [-0.4, -0.2) is 26.4 Å². The van der Waals surface area contributed by atoms with Crippen LogP contribution in [0.2, 0.25) is 0 Å². The van der Waals surface area contributed by atoms with Gasteiger partial charge >= 0.3 is 0 Å². The maximum atomic E-state index is 5.81. The van der Waals surface area contributed by atoms with Crippen LogP contribution in [0.15, 0.2) is 24.3 Å². The van der Waals surface area contributed by atoms with E-state index in [2.05, 4.69) is 24.4 Å². The Hall–Kier alpha value is -1.06. The number of ether oxygens (including phenoxy) is 2. The highest BCUT2D eigenvalue weighted by molar-refractivity contribution is 5.31. The number of benzene rings is 1. The topological polar surface area (TPSA) is 30.5 Å². The van der Waals surface area contributed by atoms with E-state index in [1.807, 2.05) is 19.2 Å². The van der Waals surface area contributed by atoms with Crippen LogP contribution in [0.5, 0.6) is 5.75 Å². The lowest BCUT2D eigenvalue weighted by atomic mass is 10.0. The molecule has 0 bridgehead atoms. The summed E-state index contributed by atoms with van der Waals surface area (Å²) in [6.07, 6.45) is 2.96. The number of hydrogen-bond donors (Lipinski definition) is 1.